The SMILES string of the molecule is CC(C(=O)NCCOc1cc(N2CCN(C)CC2)ncn1)n1nc(-c2ccccc2)ccc1=O. The first-order valence-electron chi connectivity index (χ1n) is 11.3. The van der Waals surface area contributed by atoms with Crippen molar-refractivity contribution in [1.29, 1.82) is 0 Å². The number of nitrogens with one attached hydrogen (secondary N) is 1. The number of carbonyl (C=O) groups excluding carboxylic acids is 1. The van der Waals surface area contributed by atoms with Crippen LogP contribution in [0, 0.1) is 0 Å². The number of nitrogens with zero attached hydrogens (tertiary/aromatic N) is 6. The topological polar surface area (TPSA) is 105 Å². The molecule has 2 aromatic heterocycles. The second-order valence-electron chi connectivity index (χ2n) is 8.19. The molecule has 178 valence electrons. The van der Waals surface area contributed by atoms with Gasteiger partial charge in [0.1, 0.15) is 24.8 Å². The summed E-state index contributed by atoms with van der Waals surface area (Å²) in [4.78, 5) is 37.9. The largest absolute Gasteiger partial charge is 0.476 e. The Morgan fingerprint density at radius 3 is 2.62 bits per heavy atom. The predicted octanol–water partition coefficient (Wildman–Crippen LogP) is 1.21. The van der Waals surface area contributed by atoms with Gasteiger partial charge in [-0.15, -0.1) is 0 Å². The van der Waals surface area contributed by atoms with Crippen molar-refractivity contribution in [3.63, 3.8) is 0 Å². The number of benzene rings is 1. The molecule has 1 N–H and O–H groups in total. The van der Waals surface area contributed by atoms with Gasteiger partial charge in [0, 0.05) is 43.9 Å². The number of carbonyl (C=O) groups is 1. The molecule has 4 rings (SSSR count). The van der Waals surface area contributed by atoms with E-state index in [9.17, 15) is 9.59 Å². The molecule has 3 heterocycles. The Balaban J connectivity index is 1.30. The fourth-order valence-electron chi connectivity index (χ4n) is 3.67. The van der Waals surface area contributed by atoms with Crippen LogP contribution in [-0.2, 0) is 4.79 Å². The third-order valence-electron chi connectivity index (χ3n) is 5.75. The highest BCUT2D eigenvalue weighted by Crippen LogP contribution is 2.17. The van der Waals surface area contributed by atoms with E-state index in [0.717, 1.165) is 37.6 Å². The fourth-order valence-corrected chi connectivity index (χ4v) is 3.67. The second kappa shape index (κ2) is 10.9. The van der Waals surface area contributed by atoms with Crippen LogP contribution in [0.25, 0.3) is 11.3 Å². The summed E-state index contributed by atoms with van der Waals surface area (Å²) in [6.45, 7) is 5.92. The lowest BCUT2D eigenvalue weighted by Crippen LogP contribution is -2.44. The number of ether oxygens (including phenoxy) is 1. The molecular formula is C24H29N7O3. The number of amides is 1. The molecule has 0 radical (unpaired) electrons. The highest BCUT2D eigenvalue weighted by Gasteiger charge is 2.18. The van der Waals surface area contributed by atoms with Crippen molar-refractivity contribution < 1.29 is 9.53 Å². The molecule has 0 bridgehead atoms. The monoisotopic (exact) mass is 463 g/mol. The molecule has 1 saturated heterocycles. The summed E-state index contributed by atoms with van der Waals surface area (Å²) in [6, 6.07) is 13.6. The van der Waals surface area contributed by atoms with Gasteiger partial charge in [-0.1, -0.05) is 30.3 Å². The molecule has 0 aliphatic carbocycles. The van der Waals surface area contributed by atoms with E-state index in [0.29, 0.717) is 11.6 Å². The van der Waals surface area contributed by atoms with Crippen molar-refractivity contribution in [3.05, 3.63) is 65.2 Å². The number of hydrogen-bond donors (Lipinski definition) is 1. The molecule has 1 amide bonds. The van der Waals surface area contributed by atoms with Crippen LogP contribution < -0.4 is 20.5 Å². The third-order valence-corrected chi connectivity index (χ3v) is 5.75. The zero-order valence-corrected chi connectivity index (χ0v) is 19.4. The number of anilines is 1. The molecule has 34 heavy (non-hydrogen) atoms. The van der Waals surface area contributed by atoms with Crippen LogP contribution in [0.2, 0.25) is 0 Å². The lowest BCUT2D eigenvalue weighted by molar-refractivity contribution is -0.124. The molecule has 10 heteroatoms. The summed E-state index contributed by atoms with van der Waals surface area (Å²) in [6.07, 6.45) is 1.49. The van der Waals surface area contributed by atoms with Gasteiger partial charge >= 0.3 is 0 Å². The summed E-state index contributed by atoms with van der Waals surface area (Å²) in [7, 11) is 2.10. The standard InChI is InChI=1S/C24H29N7O3/c1-18(31-23(32)9-8-20(28-31)19-6-4-3-5-7-19)24(33)25-10-15-34-22-16-21(26-17-27-22)30-13-11-29(2)12-14-30/h3-9,16-18H,10-15H2,1-2H3,(H,25,33). The van der Waals surface area contributed by atoms with Gasteiger partial charge < -0.3 is 19.9 Å². The van der Waals surface area contributed by atoms with Crippen molar-refractivity contribution in [2.45, 2.75) is 13.0 Å². The average molecular weight is 464 g/mol. The van der Waals surface area contributed by atoms with Crippen molar-refractivity contribution >= 4 is 11.7 Å². The van der Waals surface area contributed by atoms with Crippen LogP contribution in [0.3, 0.4) is 0 Å². The lowest BCUT2D eigenvalue weighted by Gasteiger charge is -2.33. The van der Waals surface area contributed by atoms with Gasteiger partial charge in [-0.05, 0) is 20.0 Å². The van der Waals surface area contributed by atoms with E-state index >= 15 is 0 Å². The van der Waals surface area contributed by atoms with Gasteiger partial charge in [-0.2, -0.15) is 5.10 Å². The molecule has 1 aromatic carbocycles. The first-order valence-corrected chi connectivity index (χ1v) is 11.3. The first-order chi connectivity index (χ1) is 16.5. The van der Waals surface area contributed by atoms with Crippen molar-refractivity contribution in [2.75, 3.05) is 51.3 Å². The average Bonchev–Trinajstić information content (AvgIpc) is 2.87. The Morgan fingerprint density at radius 1 is 1.09 bits per heavy atom. The predicted molar refractivity (Wildman–Crippen MR) is 129 cm³/mol. The number of likely N-dealkylation sites (N-methyl/N-ethyl adjacent to an activating group) is 1. The minimum Gasteiger partial charge on any atom is -0.476 e. The van der Waals surface area contributed by atoms with E-state index in [1.165, 1.54) is 17.1 Å². The molecule has 1 atom stereocenters. The van der Waals surface area contributed by atoms with Crippen molar-refractivity contribution in [3.8, 4) is 17.1 Å². The van der Waals surface area contributed by atoms with Crippen LogP contribution >= 0.6 is 0 Å². The van der Waals surface area contributed by atoms with Gasteiger partial charge in [0.05, 0.1) is 12.2 Å². The quantitative estimate of drug-likeness (QED) is 0.497. The van der Waals surface area contributed by atoms with Gasteiger partial charge in [0.2, 0.25) is 11.8 Å². The Hall–Kier alpha value is -3.79. The smallest absolute Gasteiger partial charge is 0.267 e. The molecule has 1 fully saturated rings. The Labute approximate surface area is 198 Å². The Bertz CT molecular complexity index is 1160. The highest BCUT2D eigenvalue weighted by molar-refractivity contribution is 5.79. The summed E-state index contributed by atoms with van der Waals surface area (Å²) in [5.41, 5.74) is 1.16. The summed E-state index contributed by atoms with van der Waals surface area (Å²) in [5, 5.41) is 7.18. The van der Waals surface area contributed by atoms with E-state index in [4.69, 9.17) is 4.74 Å². The van der Waals surface area contributed by atoms with Crippen molar-refractivity contribution in [1.82, 2.24) is 30.0 Å². The zero-order valence-electron chi connectivity index (χ0n) is 19.4. The second-order valence-corrected chi connectivity index (χ2v) is 8.19. The minimum atomic E-state index is -0.765. The number of piperazine rings is 1. The van der Waals surface area contributed by atoms with Crippen LogP contribution in [-0.4, -0.2) is 76.9 Å². The normalized spacial score (nSPS) is 15.1. The van der Waals surface area contributed by atoms with Crippen molar-refractivity contribution in [2.24, 2.45) is 0 Å². The van der Waals surface area contributed by atoms with Crippen LogP contribution in [0.1, 0.15) is 13.0 Å². The van der Waals surface area contributed by atoms with E-state index in [2.05, 4.69) is 37.2 Å². The summed E-state index contributed by atoms with van der Waals surface area (Å²) >= 11 is 0. The Morgan fingerprint density at radius 2 is 1.85 bits per heavy atom. The molecular weight excluding hydrogens is 434 g/mol. The maximum Gasteiger partial charge on any atom is 0.267 e. The molecule has 0 spiro atoms. The third kappa shape index (κ3) is 5.76. The maximum absolute atomic E-state index is 12.6. The molecule has 1 unspecified atom stereocenters. The molecule has 1 aliphatic heterocycles. The maximum atomic E-state index is 12.6. The van der Waals surface area contributed by atoms with Gasteiger partial charge in [-0.3, -0.25) is 9.59 Å². The zero-order chi connectivity index (χ0) is 23.9. The molecule has 3 aromatic rings. The van der Waals surface area contributed by atoms with Gasteiger partial charge in [0.15, 0.2) is 0 Å². The number of hydrogen-bond acceptors (Lipinski definition) is 8. The van der Waals surface area contributed by atoms with Gasteiger partial charge in [-0.25, -0.2) is 14.6 Å². The van der Waals surface area contributed by atoms with Gasteiger partial charge in [0.25, 0.3) is 5.56 Å². The van der Waals surface area contributed by atoms with Crippen LogP contribution in [0.5, 0.6) is 5.88 Å². The lowest BCUT2D eigenvalue weighted by atomic mass is 10.1. The first kappa shape index (κ1) is 23.4. The van der Waals surface area contributed by atoms with E-state index in [1.807, 2.05) is 36.4 Å². The summed E-state index contributed by atoms with van der Waals surface area (Å²) in [5.74, 6) is 0.975. The molecule has 1 aliphatic rings. The van der Waals surface area contributed by atoms with E-state index < -0.39 is 6.04 Å². The van der Waals surface area contributed by atoms with Crippen LogP contribution in [0.4, 0.5) is 5.82 Å². The van der Waals surface area contributed by atoms with E-state index in [1.54, 1.807) is 13.0 Å². The van der Waals surface area contributed by atoms with E-state index in [-0.39, 0.29) is 24.6 Å². The number of rotatable bonds is 8. The van der Waals surface area contributed by atoms with Crippen LogP contribution in [0.15, 0.2) is 59.7 Å². The molecule has 0 saturated carbocycles. The number of aromatic nitrogens is 4. The fraction of sp³-hybridized carbons (Fsp3) is 0.375. The molecule has 10 nitrogen and oxygen atoms in total. The minimum absolute atomic E-state index is 0.240. The highest BCUT2D eigenvalue weighted by atomic mass is 16.5. The summed E-state index contributed by atoms with van der Waals surface area (Å²) < 4.78 is 6.91. The Kier molecular flexibility index (Phi) is 7.48.